The lowest BCUT2D eigenvalue weighted by Crippen LogP contribution is -2.00. The van der Waals surface area contributed by atoms with Gasteiger partial charge in [-0.25, -0.2) is 15.0 Å². The molecule has 3 aromatic heterocycles. The minimum Gasteiger partial charge on any atom is -0.309 e. The minimum atomic E-state index is 0.650. The van der Waals surface area contributed by atoms with Crippen LogP contribution in [-0.2, 0) is 0 Å². The van der Waals surface area contributed by atoms with Crippen molar-refractivity contribution in [3.63, 3.8) is 0 Å². The first-order valence-corrected chi connectivity index (χ1v) is 25.8. The van der Waals surface area contributed by atoms with E-state index in [0.29, 0.717) is 17.5 Å². The molecule has 0 aliphatic rings. The molecule has 14 rings (SSSR count). The van der Waals surface area contributed by atoms with Crippen LogP contribution >= 0.6 is 11.3 Å². The van der Waals surface area contributed by atoms with E-state index >= 15 is 0 Å². The Labute approximate surface area is 432 Å². The van der Waals surface area contributed by atoms with Crippen LogP contribution in [0, 0.1) is 0 Å². The highest BCUT2D eigenvalue weighted by molar-refractivity contribution is 7.26. The highest BCUT2D eigenvalue weighted by Gasteiger charge is 2.19. The Bertz CT molecular complexity index is 4260. The SMILES string of the molecule is c1ccc(-c2cc(-c3ccccc3)cc(-c3ccc(-c4ccc5c(c4)c4cc(-c6ccc7sc8cccc(-c9nc(-c%10ccccc%10)nc(-c%10ccccc%10)n9)c8c7c6)ccc4n5-c4ccccc4)cc3)c2)cc1. The zero-order valence-electron chi connectivity index (χ0n) is 40.1. The lowest BCUT2D eigenvalue weighted by molar-refractivity contribution is 1.08. The van der Waals surface area contributed by atoms with Gasteiger partial charge in [-0.2, -0.15) is 0 Å². The molecule has 74 heavy (non-hydrogen) atoms. The molecule has 0 saturated carbocycles. The number of fused-ring (bicyclic) bond motifs is 6. The molecule has 0 atom stereocenters. The molecule has 11 aromatic carbocycles. The highest BCUT2D eigenvalue weighted by atomic mass is 32.1. The van der Waals surface area contributed by atoms with Crippen LogP contribution in [0.4, 0.5) is 0 Å². The molecular formula is C69H44N4S. The van der Waals surface area contributed by atoms with E-state index in [4.69, 9.17) is 15.0 Å². The number of benzene rings is 11. The molecule has 14 aromatic rings. The standard InChI is InChI=1S/C69H44N4S/c1-6-17-45(18-7-1)54-39-55(46-19-8-2-9-20-46)41-56(40-54)48-31-29-47(30-32-48)51-33-36-62-59(42-51)60-43-52(34-37-63(60)73(62)57-25-14-5-15-26-57)53-35-38-64-61(44-53)66-58(27-16-28-65(66)74-64)69-71-67(49-21-10-3-11-22-49)70-68(72-69)50-23-12-4-13-24-50/h1-44H. The van der Waals surface area contributed by atoms with Gasteiger partial charge in [0.2, 0.25) is 0 Å². The van der Waals surface area contributed by atoms with Gasteiger partial charge in [0.25, 0.3) is 0 Å². The summed E-state index contributed by atoms with van der Waals surface area (Å²) in [4.78, 5) is 15.3. The molecule has 0 saturated heterocycles. The summed E-state index contributed by atoms with van der Waals surface area (Å²) in [5.74, 6) is 1.96. The van der Waals surface area contributed by atoms with E-state index in [1.54, 1.807) is 11.3 Å². The van der Waals surface area contributed by atoms with Gasteiger partial charge in [0.15, 0.2) is 17.5 Å². The summed E-state index contributed by atoms with van der Waals surface area (Å²) in [7, 11) is 0. The van der Waals surface area contributed by atoms with Gasteiger partial charge in [0.1, 0.15) is 0 Å². The Morgan fingerprint density at radius 2 is 0.649 bits per heavy atom. The molecule has 4 nitrogen and oxygen atoms in total. The van der Waals surface area contributed by atoms with Crippen LogP contribution in [0.2, 0.25) is 0 Å². The number of rotatable bonds is 9. The number of aromatic nitrogens is 4. The Morgan fingerprint density at radius 1 is 0.257 bits per heavy atom. The summed E-state index contributed by atoms with van der Waals surface area (Å²) < 4.78 is 4.81. The maximum absolute atomic E-state index is 5.16. The molecule has 0 bridgehead atoms. The fourth-order valence-corrected chi connectivity index (χ4v) is 11.7. The molecule has 0 amide bonds. The van der Waals surface area contributed by atoms with Gasteiger partial charge in [-0.05, 0) is 128 Å². The fraction of sp³-hybridized carbons (Fsp3) is 0. The van der Waals surface area contributed by atoms with Crippen molar-refractivity contribution in [2.45, 2.75) is 0 Å². The Morgan fingerprint density at radius 3 is 1.16 bits per heavy atom. The zero-order valence-corrected chi connectivity index (χ0v) is 40.9. The zero-order chi connectivity index (χ0) is 49.0. The van der Waals surface area contributed by atoms with E-state index in [1.807, 2.05) is 36.4 Å². The van der Waals surface area contributed by atoms with Gasteiger partial charge in [-0.1, -0.05) is 194 Å². The summed E-state index contributed by atoms with van der Waals surface area (Å²) in [5.41, 5.74) is 18.2. The number of nitrogens with zero attached hydrogens (tertiary/aromatic N) is 4. The predicted molar refractivity (Wildman–Crippen MR) is 311 cm³/mol. The highest BCUT2D eigenvalue weighted by Crippen LogP contribution is 2.43. The molecule has 5 heteroatoms. The van der Waals surface area contributed by atoms with Crippen LogP contribution in [0.5, 0.6) is 0 Å². The van der Waals surface area contributed by atoms with Crippen molar-refractivity contribution >= 4 is 53.3 Å². The molecule has 0 unspecified atom stereocenters. The monoisotopic (exact) mass is 960 g/mol. The van der Waals surface area contributed by atoms with Crippen molar-refractivity contribution in [1.29, 1.82) is 0 Å². The number of para-hydroxylation sites is 1. The second kappa shape index (κ2) is 18.2. The molecule has 0 aliphatic heterocycles. The van der Waals surface area contributed by atoms with Gasteiger partial charge in [-0.15, -0.1) is 11.3 Å². The first-order valence-electron chi connectivity index (χ1n) is 25.0. The molecule has 346 valence electrons. The Kier molecular flexibility index (Phi) is 10.7. The van der Waals surface area contributed by atoms with Gasteiger partial charge in [0, 0.05) is 53.3 Å². The minimum absolute atomic E-state index is 0.650. The van der Waals surface area contributed by atoms with E-state index in [2.05, 4.69) is 235 Å². The summed E-state index contributed by atoms with van der Waals surface area (Å²) in [5, 5.41) is 4.74. The van der Waals surface area contributed by atoms with Crippen LogP contribution < -0.4 is 0 Å². The van der Waals surface area contributed by atoms with Crippen LogP contribution in [0.15, 0.2) is 267 Å². The van der Waals surface area contributed by atoms with Crippen LogP contribution in [0.25, 0.3) is 137 Å². The van der Waals surface area contributed by atoms with E-state index in [-0.39, 0.29) is 0 Å². The molecular weight excluding hydrogens is 917 g/mol. The van der Waals surface area contributed by atoms with Crippen molar-refractivity contribution in [3.05, 3.63) is 267 Å². The molecule has 0 N–H and O–H groups in total. The number of hydrogen-bond acceptors (Lipinski definition) is 4. The molecule has 0 spiro atoms. The summed E-state index contributed by atoms with van der Waals surface area (Å²) in [6.45, 7) is 0. The molecule has 0 aliphatic carbocycles. The maximum atomic E-state index is 5.16. The predicted octanol–water partition coefficient (Wildman–Crippen LogP) is 18.7. The van der Waals surface area contributed by atoms with Crippen LogP contribution in [-0.4, -0.2) is 19.5 Å². The largest absolute Gasteiger partial charge is 0.309 e. The fourth-order valence-electron chi connectivity index (χ4n) is 10.6. The Hall–Kier alpha value is -9.55. The van der Waals surface area contributed by atoms with Gasteiger partial charge < -0.3 is 4.57 Å². The van der Waals surface area contributed by atoms with E-state index in [1.165, 1.54) is 75.6 Å². The third-order valence-corrected chi connectivity index (χ3v) is 15.4. The lowest BCUT2D eigenvalue weighted by Gasteiger charge is -2.12. The van der Waals surface area contributed by atoms with Crippen molar-refractivity contribution < 1.29 is 0 Å². The van der Waals surface area contributed by atoms with Crippen molar-refractivity contribution in [2.24, 2.45) is 0 Å². The average Bonchev–Trinajstić information content (AvgIpc) is 4.03. The Balaban J connectivity index is 0.877. The summed E-state index contributed by atoms with van der Waals surface area (Å²) >= 11 is 1.80. The second-order valence-electron chi connectivity index (χ2n) is 18.8. The summed E-state index contributed by atoms with van der Waals surface area (Å²) in [6, 6.07) is 95.7. The third kappa shape index (κ3) is 7.84. The lowest BCUT2D eigenvalue weighted by atomic mass is 9.92. The van der Waals surface area contributed by atoms with Crippen molar-refractivity contribution in [3.8, 4) is 95.5 Å². The second-order valence-corrected chi connectivity index (χ2v) is 19.9. The quantitative estimate of drug-likeness (QED) is 0.145. The first kappa shape index (κ1) is 43.3. The number of thiophene rings is 1. The third-order valence-electron chi connectivity index (χ3n) is 14.2. The average molecular weight is 961 g/mol. The molecule has 3 heterocycles. The van der Waals surface area contributed by atoms with Crippen LogP contribution in [0.1, 0.15) is 0 Å². The van der Waals surface area contributed by atoms with Crippen LogP contribution in [0.3, 0.4) is 0 Å². The maximum Gasteiger partial charge on any atom is 0.164 e. The van der Waals surface area contributed by atoms with Gasteiger partial charge >= 0.3 is 0 Å². The van der Waals surface area contributed by atoms with Gasteiger partial charge in [0.05, 0.1) is 11.0 Å². The topological polar surface area (TPSA) is 43.6 Å². The summed E-state index contributed by atoms with van der Waals surface area (Å²) in [6.07, 6.45) is 0. The van der Waals surface area contributed by atoms with E-state index in [9.17, 15) is 0 Å². The van der Waals surface area contributed by atoms with E-state index in [0.717, 1.165) is 44.4 Å². The smallest absolute Gasteiger partial charge is 0.164 e. The molecule has 0 fully saturated rings. The normalized spacial score (nSPS) is 11.5. The molecule has 0 radical (unpaired) electrons. The first-order chi connectivity index (χ1) is 36.6. The number of hydrogen-bond donors (Lipinski definition) is 0. The van der Waals surface area contributed by atoms with E-state index < -0.39 is 0 Å². The van der Waals surface area contributed by atoms with Crippen molar-refractivity contribution in [1.82, 2.24) is 19.5 Å². The van der Waals surface area contributed by atoms with Gasteiger partial charge in [-0.3, -0.25) is 0 Å². The van der Waals surface area contributed by atoms with Crippen molar-refractivity contribution in [2.75, 3.05) is 0 Å².